The molecular formula is C17H16ClN5O. The highest BCUT2D eigenvalue weighted by Crippen LogP contribution is 2.20. The second-order valence-corrected chi connectivity index (χ2v) is 5.70. The number of hydrogen-bond acceptors (Lipinski definition) is 4. The van der Waals surface area contributed by atoms with E-state index in [9.17, 15) is 4.79 Å². The number of halogens is 1. The molecule has 0 fully saturated rings. The molecule has 3 rings (SSSR count). The Kier molecular flexibility index (Phi) is 4.77. The van der Waals surface area contributed by atoms with E-state index in [0.29, 0.717) is 23.9 Å². The summed E-state index contributed by atoms with van der Waals surface area (Å²) in [6, 6.07) is 11.6. The minimum atomic E-state index is -0.553. The lowest BCUT2D eigenvalue weighted by Gasteiger charge is -2.10. The van der Waals surface area contributed by atoms with Gasteiger partial charge in [0, 0.05) is 25.1 Å². The highest BCUT2D eigenvalue weighted by molar-refractivity contribution is 6.33. The van der Waals surface area contributed by atoms with Gasteiger partial charge in [-0.05, 0) is 23.3 Å². The van der Waals surface area contributed by atoms with Crippen molar-refractivity contribution in [1.29, 1.82) is 0 Å². The van der Waals surface area contributed by atoms with Gasteiger partial charge in [0.25, 0.3) is 0 Å². The Morgan fingerprint density at radius 3 is 2.79 bits per heavy atom. The molecule has 1 amide bonds. The average molecular weight is 342 g/mol. The van der Waals surface area contributed by atoms with Crippen LogP contribution >= 0.6 is 11.6 Å². The van der Waals surface area contributed by atoms with E-state index in [1.165, 1.54) is 12.3 Å². The van der Waals surface area contributed by atoms with Gasteiger partial charge in [-0.15, -0.1) is 0 Å². The predicted octanol–water partition coefficient (Wildman–Crippen LogP) is 2.69. The number of pyridine rings is 1. The molecule has 1 aromatic carbocycles. The van der Waals surface area contributed by atoms with E-state index in [2.05, 4.69) is 27.5 Å². The number of amides is 1. The maximum absolute atomic E-state index is 11.1. The summed E-state index contributed by atoms with van der Waals surface area (Å²) in [5, 5.41) is 7.73. The summed E-state index contributed by atoms with van der Waals surface area (Å²) in [5.74, 6) is -0.0404. The number of carbonyl (C=O) groups excluding carboxylic acids is 1. The third-order valence-corrected chi connectivity index (χ3v) is 3.77. The van der Waals surface area contributed by atoms with Gasteiger partial charge in [0.2, 0.25) is 5.91 Å². The Balaban J connectivity index is 1.67. The molecule has 0 spiro atoms. The zero-order valence-corrected chi connectivity index (χ0v) is 13.6. The second kappa shape index (κ2) is 7.14. The molecule has 0 aliphatic carbocycles. The van der Waals surface area contributed by atoms with Crippen molar-refractivity contribution in [2.75, 3.05) is 5.32 Å². The van der Waals surface area contributed by atoms with Gasteiger partial charge >= 0.3 is 0 Å². The zero-order valence-electron chi connectivity index (χ0n) is 12.8. The van der Waals surface area contributed by atoms with Crippen LogP contribution in [0.2, 0.25) is 5.02 Å². The molecule has 0 aliphatic rings. The number of nitrogens with zero attached hydrogens (tertiary/aromatic N) is 3. The average Bonchev–Trinajstić information content (AvgIpc) is 3.07. The molecule has 0 unspecified atom stereocenters. The van der Waals surface area contributed by atoms with Gasteiger partial charge in [-0.1, -0.05) is 35.9 Å². The molecule has 24 heavy (non-hydrogen) atoms. The number of aromatic nitrogens is 3. The van der Waals surface area contributed by atoms with Crippen molar-refractivity contribution in [2.45, 2.75) is 13.1 Å². The lowest BCUT2D eigenvalue weighted by molar-refractivity contribution is 0.1000. The molecule has 3 aromatic rings. The van der Waals surface area contributed by atoms with Gasteiger partial charge < -0.3 is 11.1 Å². The fourth-order valence-corrected chi connectivity index (χ4v) is 2.54. The smallest absolute Gasteiger partial charge is 0.250 e. The summed E-state index contributed by atoms with van der Waals surface area (Å²) in [4.78, 5) is 15.2. The first-order valence-electron chi connectivity index (χ1n) is 7.36. The molecule has 0 aliphatic heterocycles. The van der Waals surface area contributed by atoms with Crippen molar-refractivity contribution in [3.63, 3.8) is 0 Å². The van der Waals surface area contributed by atoms with Crippen molar-refractivity contribution in [3.05, 3.63) is 76.7 Å². The maximum atomic E-state index is 11.1. The third-order valence-electron chi connectivity index (χ3n) is 3.48. The summed E-state index contributed by atoms with van der Waals surface area (Å²) < 4.78 is 1.87. The molecule has 6 nitrogen and oxygen atoms in total. The summed E-state index contributed by atoms with van der Waals surface area (Å²) >= 11 is 6.12. The molecule has 2 heterocycles. The molecule has 122 valence electrons. The van der Waals surface area contributed by atoms with Gasteiger partial charge in [0.1, 0.15) is 5.82 Å². The van der Waals surface area contributed by atoms with Gasteiger partial charge in [0.15, 0.2) is 0 Å². The Morgan fingerprint density at radius 1 is 1.25 bits per heavy atom. The third kappa shape index (κ3) is 3.91. The molecule has 3 N–H and O–H groups in total. The number of nitrogens with two attached hydrogens (primary N) is 1. The van der Waals surface area contributed by atoms with Crippen LogP contribution in [0.1, 0.15) is 21.5 Å². The molecule has 2 aromatic heterocycles. The molecular weight excluding hydrogens is 326 g/mol. The molecule has 7 heteroatoms. The molecule has 0 atom stereocenters. The van der Waals surface area contributed by atoms with Crippen LogP contribution in [0.4, 0.5) is 5.82 Å². The minimum absolute atomic E-state index is 0.284. The number of rotatable bonds is 6. The first-order valence-corrected chi connectivity index (χ1v) is 7.74. The van der Waals surface area contributed by atoms with Crippen LogP contribution in [0.15, 0.2) is 55.0 Å². The lowest BCUT2D eigenvalue weighted by Crippen LogP contribution is -2.12. The Hall–Kier alpha value is -2.86. The maximum Gasteiger partial charge on any atom is 0.250 e. The van der Waals surface area contributed by atoms with Crippen molar-refractivity contribution in [1.82, 2.24) is 14.8 Å². The Labute approximate surface area is 144 Å². The summed E-state index contributed by atoms with van der Waals surface area (Å²) in [7, 11) is 0. The summed E-state index contributed by atoms with van der Waals surface area (Å²) in [6.07, 6.45) is 5.09. The number of nitrogens with one attached hydrogen (secondary N) is 1. The molecule has 0 radical (unpaired) electrons. The summed E-state index contributed by atoms with van der Waals surface area (Å²) in [5.41, 5.74) is 7.74. The standard InChI is InChI=1S/C17H16ClN5O/c18-15-8-14(16(19)24)10-21-17(15)20-9-12-3-1-4-13(7-12)11-23-6-2-5-22-23/h1-8,10H,9,11H2,(H2,19,24)(H,20,21). The van der Waals surface area contributed by atoms with E-state index in [1.807, 2.05) is 29.1 Å². The zero-order chi connectivity index (χ0) is 16.9. The van der Waals surface area contributed by atoms with E-state index in [4.69, 9.17) is 17.3 Å². The van der Waals surface area contributed by atoms with E-state index >= 15 is 0 Å². The van der Waals surface area contributed by atoms with Gasteiger partial charge in [-0.3, -0.25) is 9.48 Å². The fraction of sp³-hybridized carbons (Fsp3) is 0.118. The molecule has 0 saturated heterocycles. The molecule has 0 bridgehead atoms. The first kappa shape index (κ1) is 16.0. The van der Waals surface area contributed by atoms with Crippen LogP contribution in [0.25, 0.3) is 0 Å². The number of benzene rings is 1. The van der Waals surface area contributed by atoms with Crippen LogP contribution < -0.4 is 11.1 Å². The highest BCUT2D eigenvalue weighted by Gasteiger charge is 2.07. The van der Waals surface area contributed by atoms with Crippen molar-refractivity contribution in [3.8, 4) is 0 Å². The number of carbonyl (C=O) groups is 1. The monoisotopic (exact) mass is 341 g/mol. The van der Waals surface area contributed by atoms with Crippen LogP contribution in [0, 0.1) is 0 Å². The van der Waals surface area contributed by atoms with Crippen molar-refractivity contribution in [2.24, 2.45) is 5.73 Å². The lowest BCUT2D eigenvalue weighted by atomic mass is 10.1. The van der Waals surface area contributed by atoms with Crippen LogP contribution in [0.3, 0.4) is 0 Å². The first-order chi connectivity index (χ1) is 11.6. The van der Waals surface area contributed by atoms with Crippen LogP contribution in [-0.4, -0.2) is 20.7 Å². The van der Waals surface area contributed by atoms with Gasteiger partial charge in [-0.25, -0.2) is 4.98 Å². The number of anilines is 1. The van der Waals surface area contributed by atoms with Crippen LogP contribution in [-0.2, 0) is 13.1 Å². The fourth-order valence-electron chi connectivity index (χ4n) is 2.31. The minimum Gasteiger partial charge on any atom is -0.366 e. The van der Waals surface area contributed by atoms with Crippen LogP contribution in [0.5, 0.6) is 0 Å². The van der Waals surface area contributed by atoms with Crippen molar-refractivity contribution >= 4 is 23.3 Å². The largest absolute Gasteiger partial charge is 0.366 e. The Bertz CT molecular complexity index is 848. The second-order valence-electron chi connectivity index (χ2n) is 5.30. The SMILES string of the molecule is NC(=O)c1cnc(NCc2cccc(Cn3cccn3)c2)c(Cl)c1. The topological polar surface area (TPSA) is 85.8 Å². The number of hydrogen-bond donors (Lipinski definition) is 2. The highest BCUT2D eigenvalue weighted by atomic mass is 35.5. The van der Waals surface area contributed by atoms with Gasteiger partial charge in [-0.2, -0.15) is 5.10 Å². The predicted molar refractivity (Wildman–Crippen MR) is 92.9 cm³/mol. The number of primary amides is 1. The normalized spacial score (nSPS) is 10.5. The summed E-state index contributed by atoms with van der Waals surface area (Å²) in [6.45, 7) is 1.28. The van der Waals surface area contributed by atoms with Crippen molar-refractivity contribution < 1.29 is 4.79 Å². The van der Waals surface area contributed by atoms with E-state index in [0.717, 1.165) is 11.1 Å². The van der Waals surface area contributed by atoms with Gasteiger partial charge in [0.05, 0.1) is 17.1 Å². The molecule has 0 saturated carbocycles. The van der Waals surface area contributed by atoms with E-state index in [1.54, 1.807) is 6.20 Å². The quantitative estimate of drug-likeness (QED) is 0.721. The Morgan fingerprint density at radius 2 is 2.08 bits per heavy atom. The van der Waals surface area contributed by atoms with E-state index in [-0.39, 0.29) is 5.56 Å². The van der Waals surface area contributed by atoms with E-state index < -0.39 is 5.91 Å².